The molecule has 4 heteroatoms. The monoisotopic (exact) mass is 254 g/mol. The van der Waals surface area contributed by atoms with Crippen molar-refractivity contribution in [2.24, 2.45) is 0 Å². The average Bonchev–Trinajstić information content (AvgIpc) is 2.39. The first kappa shape index (κ1) is 12.9. The van der Waals surface area contributed by atoms with Crippen molar-refractivity contribution in [3.63, 3.8) is 0 Å². The highest BCUT2D eigenvalue weighted by molar-refractivity contribution is 5.35. The number of aryl methyl sites for hydroxylation is 2. The highest BCUT2D eigenvalue weighted by atomic mass is 16.7. The Morgan fingerprint density at radius 3 is 2.58 bits per heavy atom. The lowest BCUT2D eigenvalue weighted by Gasteiger charge is -2.12. The third-order valence-electron chi connectivity index (χ3n) is 2.85. The SMILES string of the molecule is Cc1cc(C)n(OCc2ccccc2)c(=O)c1C#N. The van der Waals surface area contributed by atoms with Gasteiger partial charge in [-0.15, -0.1) is 4.73 Å². The van der Waals surface area contributed by atoms with Gasteiger partial charge in [0.15, 0.2) is 0 Å². The van der Waals surface area contributed by atoms with Gasteiger partial charge in [-0.2, -0.15) is 5.26 Å². The van der Waals surface area contributed by atoms with Gasteiger partial charge < -0.3 is 4.84 Å². The van der Waals surface area contributed by atoms with Crippen LogP contribution in [0, 0.1) is 25.2 Å². The fraction of sp³-hybridized carbons (Fsp3) is 0.200. The molecule has 0 unspecified atom stereocenters. The van der Waals surface area contributed by atoms with Crippen LogP contribution in [0.3, 0.4) is 0 Å². The van der Waals surface area contributed by atoms with Gasteiger partial charge in [-0.25, -0.2) is 0 Å². The fourth-order valence-electron chi connectivity index (χ4n) is 1.88. The molecule has 2 rings (SSSR count). The van der Waals surface area contributed by atoms with Crippen molar-refractivity contribution >= 4 is 0 Å². The van der Waals surface area contributed by atoms with Gasteiger partial charge >= 0.3 is 5.56 Å². The molecule has 0 aliphatic heterocycles. The number of nitrogens with zero attached hydrogens (tertiary/aromatic N) is 2. The Balaban J connectivity index is 2.32. The Morgan fingerprint density at radius 1 is 1.26 bits per heavy atom. The standard InChI is InChI=1S/C15H14N2O2/c1-11-8-12(2)17(15(18)14(11)9-16)19-10-13-6-4-3-5-7-13/h3-8H,10H2,1-2H3. The maximum absolute atomic E-state index is 12.1. The smallest absolute Gasteiger partial charge is 0.301 e. The van der Waals surface area contributed by atoms with E-state index in [0.717, 1.165) is 5.56 Å². The van der Waals surface area contributed by atoms with E-state index in [4.69, 9.17) is 10.1 Å². The lowest BCUT2D eigenvalue weighted by atomic mass is 10.1. The Kier molecular flexibility index (Phi) is 3.67. The lowest BCUT2D eigenvalue weighted by Crippen LogP contribution is -2.31. The molecule has 0 atom stereocenters. The molecular weight excluding hydrogens is 240 g/mol. The van der Waals surface area contributed by atoms with Crippen molar-refractivity contribution in [1.82, 2.24) is 4.73 Å². The average molecular weight is 254 g/mol. The predicted octanol–water partition coefficient (Wildman–Crippen LogP) is 1.97. The van der Waals surface area contributed by atoms with Gasteiger partial charge in [0, 0.05) is 0 Å². The molecular formula is C15H14N2O2. The third kappa shape index (κ3) is 2.66. The molecule has 0 spiro atoms. The van der Waals surface area contributed by atoms with E-state index < -0.39 is 5.56 Å². The number of pyridine rings is 1. The molecule has 1 aromatic heterocycles. The Labute approximate surface area is 111 Å². The zero-order chi connectivity index (χ0) is 13.8. The van der Waals surface area contributed by atoms with Gasteiger partial charge in [-0.05, 0) is 31.0 Å². The summed E-state index contributed by atoms with van der Waals surface area (Å²) in [7, 11) is 0. The quantitative estimate of drug-likeness (QED) is 0.841. The summed E-state index contributed by atoms with van der Waals surface area (Å²) in [6.45, 7) is 3.81. The second kappa shape index (κ2) is 5.40. The molecule has 0 aliphatic rings. The van der Waals surface area contributed by atoms with Crippen molar-refractivity contribution in [3.05, 3.63) is 69.1 Å². The molecule has 0 radical (unpaired) electrons. The van der Waals surface area contributed by atoms with E-state index in [1.807, 2.05) is 36.4 Å². The van der Waals surface area contributed by atoms with Gasteiger partial charge in [0.05, 0.1) is 5.69 Å². The van der Waals surface area contributed by atoms with Gasteiger partial charge in [-0.3, -0.25) is 4.79 Å². The first-order chi connectivity index (χ1) is 9.13. The van der Waals surface area contributed by atoms with E-state index in [1.54, 1.807) is 19.9 Å². The molecule has 1 heterocycles. The minimum atomic E-state index is -0.407. The summed E-state index contributed by atoms with van der Waals surface area (Å²) < 4.78 is 1.18. The summed E-state index contributed by atoms with van der Waals surface area (Å²) in [5.74, 6) is 0. The van der Waals surface area contributed by atoms with Crippen molar-refractivity contribution in [2.45, 2.75) is 20.5 Å². The van der Waals surface area contributed by atoms with Crippen molar-refractivity contribution in [3.8, 4) is 6.07 Å². The van der Waals surface area contributed by atoms with Crippen LogP contribution >= 0.6 is 0 Å². The zero-order valence-corrected chi connectivity index (χ0v) is 10.9. The van der Waals surface area contributed by atoms with Gasteiger partial charge in [-0.1, -0.05) is 30.3 Å². The number of hydrogen-bond acceptors (Lipinski definition) is 3. The summed E-state index contributed by atoms with van der Waals surface area (Å²) in [5.41, 5.74) is 2.03. The number of hydrogen-bond donors (Lipinski definition) is 0. The number of nitriles is 1. The van der Waals surface area contributed by atoms with E-state index in [0.29, 0.717) is 11.3 Å². The molecule has 0 fully saturated rings. The second-order valence-electron chi connectivity index (χ2n) is 4.31. The maximum atomic E-state index is 12.1. The van der Waals surface area contributed by atoms with Gasteiger partial charge in [0.2, 0.25) is 0 Å². The van der Waals surface area contributed by atoms with Crippen molar-refractivity contribution in [1.29, 1.82) is 5.26 Å². The van der Waals surface area contributed by atoms with Crippen LogP contribution in [0.4, 0.5) is 0 Å². The van der Waals surface area contributed by atoms with Crippen LogP contribution in [0.5, 0.6) is 0 Å². The van der Waals surface area contributed by atoms with E-state index in [1.165, 1.54) is 4.73 Å². The zero-order valence-electron chi connectivity index (χ0n) is 10.9. The van der Waals surface area contributed by atoms with Crippen LogP contribution in [0.2, 0.25) is 0 Å². The van der Waals surface area contributed by atoms with Gasteiger partial charge in [0.25, 0.3) is 0 Å². The lowest BCUT2D eigenvalue weighted by molar-refractivity contribution is 0.0843. The summed E-state index contributed by atoms with van der Waals surface area (Å²) in [5, 5.41) is 8.98. The normalized spacial score (nSPS) is 9.95. The highest BCUT2D eigenvalue weighted by Gasteiger charge is 2.10. The second-order valence-corrected chi connectivity index (χ2v) is 4.31. The molecule has 0 saturated carbocycles. The number of rotatable bonds is 3. The van der Waals surface area contributed by atoms with E-state index in [2.05, 4.69) is 0 Å². The van der Waals surface area contributed by atoms with Crippen molar-refractivity contribution in [2.75, 3.05) is 0 Å². The van der Waals surface area contributed by atoms with Crippen LogP contribution < -0.4 is 10.4 Å². The topological polar surface area (TPSA) is 55.0 Å². The molecule has 4 nitrogen and oxygen atoms in total. The molecule has 0 saturated heterocycles. The minimum absolute atomic E-state index is 0.124. The molecule has 0 amide bonds. The molecule has 0 bridgehead atoms. The largest absolute Gasteiger partial charge is 0.406 e. The highest BCUT2D eigenvalue weighted by Crippen LogP contribution is 2.05. The first-order valence-electron chi connectivity index (χ1n) is 5.94. The third-order valence-corrected chi connectivity index (χ3v) is 2.85. The van der Waals surface area contributed by atoms with Crippen molar-refractivity contribution < 1.29 is 4.84 Å². The van der Waals surface area contributed by atoms with Gasteiger partial charge in [0.1, 0.15) is 18.2 Å². The van der Waals surface area contributed by atoms with Crippen LogP contribution in [0.25, 0.3) is 0 Å². The molecule has 1 aromatic carbocycles. The van der Waals surface area contributed by atoms with E-state index in [-0.39, 0.29) is 12.2 Å². The fourth-order valence-corrected chi connectivity index (χ4v) is 1.88. The first-order valence-corrected chi connectivity index (χ1v) is 5.94. The Morgan fingerprint density at radius 2 is 1.95 bits per heavy atom. The predicted molar refractivity (Wildman–Crippen MR) is 71.6 cm³/mol. The van der Waals surface area contributed by atoms with Crippen LogP contribution in [0.1, 0.15) is 22.4 Å². The van der Waals surface area contributed by atoms with Crippen LogP contribution in [-0.4, -0.2) is 4.73 Å². The minimum Gasteiger partial charge on any atom is -0.406 e. The van der Waals surface area contributed by atoms with Crippen LogP contribution in [0.15, 0.2) is 41.2 Å². The summed E-state index contributed by atoms with van der Waals surface area (Å²) in [6, 6.07) is 13.2. The Hall–Kier alpha value is -2.54. The maximum Gasteiger partial charge on any atom is 0.301 e. The summed E-state index contributed by atoms with van der Waals surface area (Å²) >= 11 is 0. The summed E-state index contributed by atoms with van der Waals surface area (Å²) in [6.07, 6.45) is 0. The molecule has 2 aromatic rings. The van der Waals surface area contributed by atoms with E-state index in [9.17, 15) is 4.79 Å². The molecule has 19 heavy (non-hydrogen) atoms. The van der Waals surface area contributed by atoms with Crippen LogP contribution in [-0.2, 0) is 6.61 Å². The number of aromatic nitrogens is 1. The molecule has 0 N–H and O–H groups in total. The number of benzene rings is 1. The molecule has 0 aliphatic carbocycles. The Bertz CT molecular complexity index is 682. The van der Waals surface area contributed by atoms with E-state index >= 15 is 0 Å². The molecule has 96 valence electrons. The summed E-state index contributed by atoms with van der Waals surface area (Å²) in [4.78, 5) is 17.6.